The number of aliphatic hydroxyl groups excluding tert-OH is 2. The number of phosphoric ester groups is 2. The Morgan fingerprint density at radius 1 is 0.646 bits per heavy atom. The van der Waals surface area contributed by atoms with E-state index in [9.17, 15) is 102 Å². The third kappa shape index (κ3) is 27.4. The van der Waals surface area contributed by atoms with Crippen molar-refractivity contribution in [3.8, 4) is 46.1 Å². The molecule has 127 heavy (non-hydrogen) atoms. The van der Waals surface area contributed by atoms with Crippen LogP contribution in [0, 0.1) is 54.7 Å². The van der Waals surface area contributed by atoms with Gasteiger partial charge in [-0.25, -0.2) is 37.0 Å². The number of ether oxygens (including phenoxy) is 4. The van der Waals surface area contributed by atoms with Gasteiger partial charge in [-0.15, -0.1) is 0 Å². The number of hydrogen-bond acceptors (Lipinski definition) is 35. The molecule has 5 heterocycles. The molecule has 3 aliphatic heterocycles. The minimum atomic E-state index is -5.83. The second-order valence-electron chi connectivity index (χ2n) is 30.2. The highest BCUT2D eigenvalue weighted by Gasteiger charge is 2.46. The lowest BCUT2D eigenvalue weighted by Crippen LogP contribution is -2.30. The number of phosphoric acid groups is 6. The lowest BCUT2D eigenvalue weighted by atomic mass is 9.83. The van der Waals surface area contributed by atoms with E-state index in [1.807, 2.05) is 44.1 Å². The number of carbonyl (C=O) groups is 2. The van der Waals surface area contributed by atoms with Gasteiger partial charge in [-0.1, -0.05) is 71.3 Å². The van der Waals surface area contributed by atoms with Crippen LogP contribution in [0.1, 0.15) is 140 Å². The van der Waals surface area contributed by atoms with Gasteiger partial charge in [-0.3, -0.25) is 48.2 Å². The smallest absolute Gasteiger partial charge is 0.490 e. The SMILES string of the molecule is CC(C)(C)C(OCc1cn([C@H]2C[C@@H](O)[C@@H](COP(=O)(O)OP(=O)(O)OP(=O)(O)O)O2)c(=O)nc1N)c1ccc(C#CCN)cc1[N+](=O)[O-].CCN=c1ccc2c(-c3cc(C(=O)NCC#Cc4ccc(C(OCc5cn([C@H]6C[C@@H](O)[C@@H](COP(=O)(O)OP(=O)(O)OP(=O)(O)O)O6)c(=O)nc5N)C(C)(C)C)c([N+](=O)[O-])c4)ccc3C(=O)[O-])c3ccc(N(C)C)cc3oc-2c1. The van der Waals surface area contributed by atoms with E-state index in [2.05, 4.69) is 70.2 Å². The Morgan fingerprint density at radius 2 is 1.12 bits per heavy atom. The van der Waals surface area contributed by atoms with Crippen LogP contribution in [-0.4, -0.2) is 162 Å². The maximum atomic E-state index is 13.7. The van der Waals surface area contributed by atoms with Crippen molar-refractivity contribution in [2.75, 3.05) is 63.3 Å². The molecule has 17 N–H and O–H groups in total. The number of nitro benzene ring substituents is 2. The van der Waals surface area contributed by atoms with Crippen molar-refractivity contribution < 1.29 is 151 Å². The van der Waals surface area contributed by atoms with Gasteiger partial charge in [-0.05, 0) is 84.0 Å². The molecular formula is C73H87N12O36P6-. The first-order chi connectivity index (χ1) is 58.9. The summed E-state index contributed by atoms with van der Waals surface area (Å²) in [7, 11) is -30.2. The van der Waals surface area contributed by atoms with Gasteiger partial charge in [0.15, 0.2) is 0 Å². The fourth-order valence-electron chi connectivity index (χ4n) is 13.0. The number of rotatable bonds is 32. The molecule has 6 unspecified atom stereocenters. The lowest BCUT2D eigenvalue weighted by Gasteiger charge is -2.31. The summed E-state index contributed by atoms with van der Waals surface area (Å²) in [6, 6.07) is 23.5. The Bertz CT molecular complexity index is 6140. The summed E-state index contributed by atoms with van der Waals surface area (Å²) in [5, 5.41) is 62.2. The number of amides is 1. The summed E-state index contributed by atoms with van der Waals surface area (Å²) in [6.07, 6.45) is -8.48. The summed E-state index contributed by atoms with van der Waals surface area (Å²) >= 11 is 0. The standard InChI is InChI=1S/C49H54N7O20P3.C24H34N5O16P3/c1-7-51-30-12-16-34-39(21-30)73-40-22-31(54(5)6)13-17-35(40)43(34)36-20-28(11-15-32(36)47(59)60)46(58)52-18-8-9-27-10-14-33(37(19-27)56(62)63)44(49(2,3)4)71-25-29-24-55(48(61)53-45(29)50)42-23-38(57)41(74-42)26-72-78(67,68)76-79(69,70)75-77(64,65)66;1-24(2,3)21(16-7-6-14(5-4-8-25)9-17(16)29(32)33)41-12-15-11-28(23(31)27-22(15)26)20-10-18(30)19(43-20)13-42-47(37,38)45-48(39,40)44-46(34,35)36/h10-17,19-22,24,38,41-42,44,57H,7,18,23,25-26H2,1-6H3,(H,52,58)(H,59,60)(H,67,68)(H,69,70)(H2,50,53,61)(H2,64,65,66);6-7,9,11,18-21,30H,8,10,12-13,25H2,1-3H3,(H,37,38)(H,39,40)(H2,26,27,31)(H2,34,35,36)/p-1/t38-,41-,42-,44?;18-,19-,20-,21?/m11/s1. The molecular weight excluding hydrogens is 1810 g/mol. The topological polar surface area (TPSA) is 729 Å². The maximum Gasteiger partial charge on any atom is 0.490 e. The Balaban J connectivity index is 0.000000325. The molecule has 0 saturated carbocycles. The van der Waals surface area contributed by atoms with E-state index in [0.717, 1.165) is 14.8 Å². The highest BCUT2D eigenvalue weighted by atomic mass is 31.3. The molecule has 2 saturated heterocycles. The Labute approximate surface area is 719 Å². The number of nitrogen functional groups attached to an aromatic ring is 2. The summed E-state index contributed by atoms with van der Waals surface area (Å²) in [6.45, 7) is 10.3. The average molecular weight is 1890 g/mol. The maximum absolute atomic E-state index is 13.7. The molecule has 4 aromatic carbocycles. The van der Waals surface area contributed by atoms with Gasteiger partial charge < -0.3 is 110 Å². The second kappa shape index (κ2) is 40.8. The molecule has 0 bridgehead atoms. The van der Waals surface area contributed by atoms with E-state index in [1.54, 1.807) is 65.8 Å². The van der Waals surface area contributed by atoms with Crippen LogP contribution in [0.3, 0.4) is 0 Å². The summed E-state index contributed by atoms with van der Waals surface area (Å²) in [5.41, 5.74) is 17.2. The summed E-state index contributed by atoms with van der Waals surface area (Å²) < 4.78 is 125. The zero-order chi connectivity index (χ0) is 94.2. The van der Waals surface area contributed by atoms with Gasteiger partial charge >= 0.3 is 58.3 Å². The number of nitrogens with two attached hydrogens (primary N) is 3. The highest BCUT2D eigenvalue weighted by Crippen LogP contribution is 2.68. The molecule has 10 rings (SSSR count). The molecule has 1 amide bonds. The number of carboxylic acid groups (broad SMARTS) is 1. The molecule has 48 nitrogen and oxygen atoms in total. The number of carboxylic acids is 1. The third-order valence-corrected chi connectivity index (χ3v) is 26.0. The molecule has 54 heteroatoms. The molecule has 2 aromatic heterocycles. The first-order valence-electron chi connectivity index (χ1n) is 37.2. The van der Waals surface area contributed by atoms with Crippen LogP contribution in [0.25, 0.3) is 33.4 Å². The van der Waals surface area contributed by atoms with Crippen molar-refractivity contribution in [1.82, 2.24) is 24.4 Å². The molecule has 2 fully saturated rings. The van der Waals surface area contributed by atoms with Crippen LogP contribution in [-0.2, 0) is 85.8 Å². The Hall–Kier alpha value is -9.87. The van der Waals surface area contributed by atoms with Crippen LogP contribution in [0.15, 0.2) is 122 Å². The largest absolute Gasteiger partial charge is 0.545 e. The number of aromatic nitrogens is 4. The zero-order valence-corrected chi connectivity index (χ0v) is 73.7. The predicted octanol–water partition coefficient (Wildman–Crippen LogP) is 6.02. The molecule has 1 aliphatic carbocycles. The predicted molar refractivity (Wildman–Crippen MR) is 443 cm³/mol. The van der Waals surface area contributed by atoms with E-state index >= 15 is 0 Å². The number of anilines is 3. The van der Waals surface area contributed by atoms with Crippen LogP contribution < -0.4 is 49.3 Å². The molecule has 4 aliphatic rings. The van der Waals surface area contributed by atoms with Crippen molar-refractivity contribution in [3.63, 3.8) is 0 Å². The van der Waals surface area contributed by atoms with Crippen molar-refractivity contribution in [2.24, 2.45) is 21.6 Å². The van der Waals surface area contributed by atoms with E-state index in [-0.39, 0.29) is 107 Å². The van der Waals surface area contributed by atoms with Crippen molar-refractivity contribution >= 4 is 98.5 Å². The van der Waals surface area contributed by atoms with E-state index in [4.69, 9.17) is 60.1 Å². The lowest BCUT2D eigenvalue weighted by molar-refractivity contribution is -0.386. The van der Waals surface area contributed by atoms with Gasteiger partial charge in [0.2, 0.25) is 0 Å². The van der Waals surface area contributed by atoms with Gasteiger partial charge in [0.25, 0.3) is 17.3 Å². The van der Waals surface area contributed by atoms with Crippen molar-refractivity contribution in [1.29, 1.82) is 0 Å². The number of nitrogens with one attached hydrogen (secondary N) is 1. The summed E-state index contributed by atoms with van der Waals surface area (Å²) in [5.74, 6) is 8.85. The van der Waals surface area contributed by atoms with E-state index in [0.29, 0.717) is 45.3 Å². The Morgan fingerprint density at radius 3 is 1.54 bits per heavy atom. The number of fused-ring (bicyclic) bond motifs is 2. The number of carbonyl (C=O) groups excluding carboxylic acids is 2. The number of benzene rings is 5. The number of aliphatic hydroxyl groups is 2. The zero-order valence-electron chi connectivity index (χ0n) is 68.4. The van der Waals surface area contributed by atoms with Gasteiger partial charge in [0.05, 0.1) is 96.2 Å². The van der Waals surface area contributed by atoms with Crippen LogP contribution >= 0.6 is 46.9 Å². The first-order valence-corrected chi connectivity index (χ1v) is 46.3. The minimum Gasteiger partial charge on any atom is -0.545 e. The number of aromatic carboxylic acids is 1. The highest BCUT2D eigenvalue weighted by molar-refractivity contribution is 7.67. The number of nitrogens with zero attached hydrogens (tertiary/aromatic N) is 8. The first kappa shape index (κ1) is 101. The minimum absolute atomic E-state index is 0.0639. The summed E-state index contributed by atoms with van der Waals surface area (Å²) in [4.78, 5) is 162. The molecule has 0 radical (unpaired) electrons. The fraction of sp³-hybridized carbons (Fsp3) is 0.384. The average Bonchev–Trinajstić information content (AvgIpc) is 1.17. The second-order valence-corrected chi connectivity index (χ2v) is 39.1. The van der Waals surface area contributed by atoms with Crippen LogP contribution in [0.4, 0.5) is 28.7 Å². The van der Waals surface area contributed by atoms with Crippen molar-refractivity contribution in [2.45, 2.75) is 124 Å². The van der Waals surface area contributed by atoms with E-state index in [1.165, 1.54) is 60.9 Å². The van der Waals surface area contributed by atoms with Gasteiger partial charge in [0.1, 0.15) is 47.6 Å². The van der Waals surface area contributed by atoms with Gasteiger partial charge in [-0.2, -0.15) is 27.2 Å². The molecule has 686 valence electrons. The van der Waals surface area contributed by atoms with E-state index < -0.39 is 153 Å². The molecule has 0 spiro atoms. The molecule has 12 atom stereocenters. The molecule has 6 aromatic rings. The third-order valence-electron chi connectivity index (χ3n) is 18.4. The van der Waals surface area contributed by atoms with Crippen LogP contribution in [0.2, 0.25) is 0 Å². The Kier molecular flexibility index (Phi) is 32.4. The van der Waals surface area contributed by atoms with Gasteiger partial charge in [0, 0.05) is 126 Å². The fourth-order valence-corrected chi connectivity index (χ4v) is 19.0. The number of nitro groups is 2. The normalized spacial score (nSPS) is 19.2. The quantitative estimate of drug-likeness (QED) is 0.00753. The monoisotopic (exact) mass is 1890 g/mol. The van der Waals surface area contributed by atoms with Crippen LogP contribution in [0.5, 0.6) is 0 Å². The van der Waals surface area contributed by atoms with Crippen molar-refractivity contribution in [3.05, 3.63) is 194 Å². The number of hydrogen-bond donors (Lipinski definition) is 14.